The van der Waals surface area contributed by atoms with Gasteiger partial charge in [-0.05, 0) is 6.42 Å². The fourth-order valence-electron chi connectivity index (χ4n) is 3.37. The van der Waals surface area contributed by atoms with Crippen molar-refractivity contribution in [2.75, 3.05) is 12.3 Å². The Balaban J connectivity index is 1.43. The van der Waals surface area contributed by atoms with Crippen LogP contribution < -0.4 is 10.5 Å². The van der Waals surface area contributed by atoms with Crippen LogP contribution in [0.3, 0.4) is 0 Å². The number of hydrogen-bond acceptors (Lipinski definition) is 12. The number of aliphatic hydroxyl groups is 3. The molecule has 1 saturated heterocycles. The number of ether oxygens (including phenoxy) is 1. The first-order valence-corrected chi connectivity index (χ1v) is 10.8. The molecule has 1 fully saturated rings. The van der Waals surface area contributed by atoms with E-state index in [2.05, 4.69) is 15.0 Å². The number of nitrogens with two attached hydrogens (primary N) is 1. The summed E-state index contributed by atoms with van der Waals surface area (Å²) in [6.45, 7) is -0.706. The van der Waals surface area contributed by atoms with Crippen molar-refractivity contribution in [3.63, 3.8) is 0 Å². The number of carbonyl (C=O) groups excluding carboxylic acids is 1. The van der Waals surface area contributed by atoms with Crippen molar-refractivity contribution in [1.29, 1.82) is 0 Å². The number of carbonyl (C=O) groups is 1. The zero-order valence-electron chi connectivity index (χ0n) is 16.4. The molecule has 2 aliphatic rings. The van der Waals surface area contributed by atoms with E-state index in [4.69, 9.17) is 14.7 Å². The molecule has 4 atom stereocenters. The van der Waals surface area contributed by atoms with Crippen LogP contribution in [-0.4, -0.2) is 74.1 Å². The van der Waals surface area contributed by atoms with Crippen LogP contribution in [0.1, 0.15) is 19.1 Å². The predicted octanol–water partition coefficient (Wildman–Crippen LogP) is -1.43. The first kappa shape index (κ1) is 22.1. The largest absolute Gasteiger partial charge is 0.511 e. The molecular weight excluding hydrogens is 448 g/mol. The van der Waals surface area contributed by atoms with Crippen LogP contribution >= 0.6 is 0 Å². The van der Waals surface area contributed by atoms with E-state index in [-0.39, 0.29) is 34.7 Å². The Kier molecular flexibility index (Phi) is 5.83. The molecule has 0 aromatic carbocycles. The Morgan fingerprint density at radius 1 is 1.31 bits per heavy atom. The highest BCUT2D eigenvalue weighted by molar-refractivity contribution is 7.85. The summed E-state index contributed by atoms with van der Waals surface area (Å²) in [6.07, 6.45) is 0.722. The molecule has 1 aliphatic heterocycles. The number of anilines is 1. The minimum atomic E-state index is -4.60. The lowest BCUT2D eigenvalue weighted by Crippen LogP contribution is -2.38. The van der Waals surface area contributed by atoms with Crippen LogP contribution in [0.25, 0.3) is 11.2 Å². The molecule has 0 saturated carbocycles. The molecule has 2 aromatic rings. The van der Waals surface area contributed by atoms with Gasteiger partial charge in [0.05, 0.1) is 18.5 Å². The third-order valence-corrected chi connectivity index (χ3v) is 5.87. The summed E-state index contributed by atoms with van der Waals surface area (Å²) in [5, 5.41) is 30.4. The molecule has 2 aromatic heterocycles. The molecule has 32 heavy (non-hydrogen) atoms. The van der Waals surface area contributed by atoms with Crippen molar-refractivity contribution in [3.8, 4) is 0 Å². The number of nitrogens with zero attached hydrogens (tertiary/aromatic N) is 4. The number of allylic oxidation sites excluding steroid dienone is 2. The van der Waals surface area contributed by atoms with Crippen molar-refractivity contribution >= 4 is 33.2 Å². The fraction of sp³-hybridized carbons (Fsp3) is 0.412. The SMILES string of the molecule is Nc1ncnc2c1ncn2[C@@H]1O[C@H](COS(=O)(=O)NC(=O)C2=C(O)CCC=C2)[C@@H](O)[C@H]1O. The van der Waals surface area contributed by atoms with Crippen LogP contribution in [0.15, 0.2) is 36.1 Å². The van der Waals surface area contributed by atoms with Gasteiger partial charge in [-0.2, -0.15) is 8.42 Å². The van der Waals surface area contributed by atoms with E-state index >= 15 is 0 Å². The predicted molar refractivity (Wildman–Crippen MR) is 107 cm³/mol. The van der Waals surface area contributed by atoms with E-state index in [0.717, 1.165) is 0 Å². The molecular formula is C17H20N6O8S. The van der Waals surface area contributed by atoms with Crippen LogP contribution in [0.2, 0.25) is 0 Å². The van der Waals surface area contributed by atoms with E-state index < -0.39 is 47.4 Å². The molecule has 0 spiro atoms. The normalized spacial score (nSPS) is 26.1. The number of aromatic nitrogens is 4. The maximum atomic E-state index is 12.1. The lowest BCUT2D eigenvalue weighted by atomic mass is 10.1. The van der Waals surface area contributed by atoms with Gasteiger partial charge in [0.1, 0.15) is 35.9 Å². The van der Waals surface area contributed by atoms with Crippen molar-refractivity contribution < 1.29 is 37.5 Å². The molecule has 15 heteroatoms. The van der Waals surface area contributed by atoms with E-state index in [1.165, 1.54) is 23.3 Å². The summed E-state index contributed by atoms with van der Waals surface area (Å²) in [5.41, 5.74) is 6.04. The summed E-state index contributed by atoms with van der Waals surface area (Å²) < 4.78 is 37.6. The molecule has 0 bridgehead atoms. The Hall–Kier alpha value is -3.11. The molecule has 172 valence electrons. The minimum absolute atomic E-state index is 0.109. The number of imidazole rings is 1. The van der Waals surface area contributed by atoms with Gasteiger partial charge in [0.15, 0.2) is 17.7 Å². The smallest absolute Gasteiger partial charge is 0.362 e. The number of hydrogen-bond donors (Lipinski definition) is 5. The number of nitrogen functional groups attached to an aromatic ring is 1. The van der Waals surface area contributed by atoms with Crippen molar-refractivity contribution in [3.05, 3.63) is 36.1 Å². The molecule has 1 amide bonds. The van der Waals surface area contributed by atoms with Crippen molar-refractivity contribution in [1.82, 2.24) is 24.2 Å². The second-order valence-corrected chi connectivity index (χ2v) is 8.45. The molecule has 6 N–H and O–H groups in total. The summed E-state index contributed by atoms with van der Waals surface area (Å²) >= 11 is 0. The van der Waals surface area contributed by atoms with Gasteiger partial charge < -0.3 is 25.8 Å². The second-order valence-electron chi connectivity index (χ2n) is 7.10. The standard InChI is InChI=1S/C17H20N6O8S/c18-14-11-15(20-6-19-14)23(7-21-11)17-13(26)12(25)10(31-17)5-30-32(28,29)22-16(27)8-3-1-2-4-9(8)24/h1,3,6-7,10,12-13,17,24-26H,2,4-5H2,(H,22,27)(H2,18,19,20)/t10-,12-,13-,17-/m1/s1. The Labute approximate surface area is 181 Å². The monoisotopic (exact) mass is 468 g/mol. The number of rotatable bonds is 6. The van der Waals surface area contributed by atoms with Crippen LogP contribution in [0.4, 0.5) is 5.82 Å². The zero-order valence-corrected chi connectivity index (χ0v) is 17.2. The van der Waals surface area contributed by atoms with Crippen LogP contribution in [-0.2, 0) is 24.0 Å². The fourth-order valence-corrected chi connectivity index (χ4v) is 4.08. The summed E-state index contributed by atoms with van der Waals surface area (Å²) in [7, 11) is -4.60. The lowest BCUT2D eigenvalue weighted by Gasteiger charge is -2.16. The third-order valence-electron chi connectivity index (χ3n) is 4.99. The summed E-state index contributed by atoms with van der Waals surface area (Å²) in [6, 6.07) is 0. The number of amides is 1. The quantitative estimate of drug-likeness (QED) is 0.330. The molecule has 14 nitrogen and oxygen atoms in total. The van der Waals surface area contributed by atoms with Gasteiger partial charge in [-0.25, -0.2) is 19.7 Å². The Bertz CT molecular complexity index is 1210. The van der Waals surface area contributed by atoms with Gasteiger partial charge in [-0.3, -0.25) is 13.5 Å². The number of nitrogens with one attached hydrogen (secondary N) is 1. The third kappa shape index (κ3) is 4.15. The van der Waals surface area contributed by atoms with Crippen molar-refractivity contribution in [2.45, 2.75) is 37.4 Å². The number of fused-ring (bicyclic) bond motifs is 1. The van der Waals surface area contributed by atoms with Gasteiger partial charge in [0.25, 0.3) is 5.91 Å². The lowest BCUT2D eigenvalue weighted by molar-refractivity contribution is -0.115. The maximum absolute atomic E-state index is 12.1. The average Bonchev–Trinajstić information content (AvgIpc) is 3.29. The molecule has 4 rings (SSSR count). The first-order chi connectivity index (χ1) is 15.2. The Morgan fingerprint density at radius 2 is 2.09 bits per heavy atom. The van der Waals surface area contributed by atoms with Crippen molar-refractivity contribution in [2.24, 2.45) is 0 Å². The Morgan fingerprint density at radius 3 is 2.84 bits per heavy atom. The first-order valence-electron chi connectivity index (χ1n) is 9.42. The van der Waals surface area contributed by atoms with E-state index in [0.29, 0.717) is 6.42 Å². The van der Waals surface area contributed by atoms with Gasteiger partial charge >= 0.3 is 10.3 Å². The average molecular weight is 468 g/mol. The molecule has 0 unspecified atom stereocenters. The highest BCUT2D eigenvalue weighted by Crippen LogP contribution is 2.32. The van der Waals surface area contributed by atoms with E-state index in [9.17, 15) is 28.5 Å². The highest BCUT2D eigenvalue weighted by Gasteiger charge is 2.45. The van der Waals surface area contributed by atoms with Crippen LogP contribution in [0, 0.1) is 0 Å². The van der Waals surface area contributed by atoms with Crippen LogP contribution in [0.5, 0.6) is 0 Å². The van der Waals surface area contributed by atoms with Gasteiger partial charge in [-0.1, -0.05) is 12.2 Å². The van der Waals surface area contributed by atoms with E-state index in [1.54, 1.807) is 10.8 Å². The molecule has 3 heterocycles. The minimum Gasteiger partial charge on any atom is -0.511 e. The molecule has 1 aliphatic carbocycles. The van der Waals surface area contributed by atoms with Gasteiger partial charge in [0.2, 0.25) is 0 Å². The zero-order chi connectivity index (χ0) is 23.0. The highest BCUT2D eigenvalue weighted by atomic mass is 32.2. The summed E-state index contributed by atoms with van der Waals surface area (Å²) in [5.74, 6) is -1.19. The topological polar surface area (TPSA) is 212 Å². The molecule has 0 radical (unpaired) electrons. The van der Waals surface area contributed by atoms with Gasteiger partial charge in [-0.15, -0.1) is 0 Å². The number of aliphatic hydroxyl groups excluding tert-OH is 3. The summed E-state index contributed by atoms with van der Waals surface area (Å²) in [4.78, 5) is 24.0. The van der Waals surface area contributed by atoms with E-state index in [1.807, 2.05) is 0 Å². The maximum Gasteiger partial charge on any atom is 0.362 e. The van der Waals surface area contributed by atoms with Gasteiger partial charge in [0, 0.05) is 6.42 Å². The second kappa shape index (κ2) is 8.44.